The molecule has 0 fully saturated rings. The van der Waals surface area contributed by atoms with Gasteiger partial charge in [-0.05, 0) is 0 Å². The van der Waals surface area contributed by atoms with Crippen molar-refractivity contribution in [3.8, 4) is 22.5 Å². The summed E-state index contributed by atoms with van der Waals surface area (Å²) < 4.78 is 6.48. The van der Waals surface area contributed by atoms with Crippen LogP contribution < -0.4 is 0 Å². The molecule has 2 nitrogen and oxygen atoms in total. The Kier molecular flexibility index (Phi) is 9.95. The van der Waals surface area contributed by atoms with Crippen LogP contribution in [0.5, 0.6) is 0 Å². The van der Waals surface area contributed by atoms with E-state index in [0.29, 0.717) is 19.1 Å². The molecule has 0 N–H and O–H groups in total. The minimum atomic E-state index is -3.80. The normalized spacial score (nSPS) is 17.4. The van der Waals surface area contributed by atoms with Crippen molar-refractivity contribution in [2.24, 2.45) is 11.8 Å². The van der Waals surface area contributed by atoms with Gasteiger partial charge in [-0.1, -0.05) is 0 Å². The first-order valence-corrected chi connectivity index (χ1v) is 29.2. The summed E-state index contributed by atoms with van der Waals surface area (Å²) in [5, 5.41) is 0. The largest absolute Gasteiger partial charge is 0.147 e. The monoisotopic (exact) mass is 718 g/mol. The maximum atomic E-state index is 4.80. The molecule has 2 heterocycles. The number of nitrogens with zero attached hydrogens (tertiary/aromatic N) is 2. The molecule has 0 radical (unpaired) electrons. The van der Waals surface area contributed by atoms with Crippen LogP contribution in [0.4, 0.5) is 0 Å². The van der Waals surface area contributed by atoms with Crippen molar-refractivity contribution in [1.82, 2.24) is 9.97 Å². The van der Waals surface area contributed by atoms with Gasteiger partial charge in [0.2, 0.25) is 0 Å². The van der Waals surface area contributed by atoms with Crippen LogP contribution in [0.3, 0.4) is 0 Å². The predicted molar refractivity (Wildman–Crippen MR) is 195 cm³/mol. The Morgan fingerprint density at radius 1 is 0.614 bits per heavy atom. The summed E-state index contributed by atoms with van der Waals surface area (Å²) in [5.74, 6) is 0.952. The summed E-state index contributed by atoms with van der Waals surface area (Å²) in [6, 6.07) is 21.9. The number of hydrogen-bond donors (Lipinski definition) is 0. The molecular formula is C38H46Cl2N2SiZr. The van der Waals surface area contributed by atoms with Crippen LogP contribution in [-0.4, -0.2) is 16.8 Å². The zero-order chi connectivity index (χ0) is 30.0. The molecule has 0 amide bonds. The van der Waals surface area contributed by atoms with Crippen LogP contribution in [0.2, 0.25) is 9.26 Å². The van der Waals surface area contributed by atoms with E-state index in [1.54, 1.807) is 22.3 Å². The van der Waals surface area contributed by atoms with E-state index in [9.17, 15) is 0 Å². The topological polar surface area (TPSA) is 25.8 Å². The SMILES string of the molecule is Cc1ccc(-c2ccccn2)c2c1[CH]([Zr]([CH3])([CH3])(=[SiH2])[CH]1C(C(C)C)=Cc3c(-c4ccccn4)ccc(C)c31)C(C(C)C)=C2.Cl.Cl. The maximum Gasteiger partial charge on any atom is -0.147 e. The van der Waals surface area contributed by atoms with Crippen molar-refractivity contribution < 1.29 is 17.4 Å². The molecule has 2 atom stereocenters. The number of fused-ring (bicyclic) bond motifs is 2. The van der Waals surface area contributed by atoms with Gasteiger partial charge >= 0.3 is 256 Å². The minimum absolute atomic E-state index is 0. The van der Waals surface area contributed by atoms with E-state index in [0.717, 1.165) is 11.4 Å². The van der Waals surface area contributed by atoms with Crippen LogP contribution in [0.15, 0.2) is 84.2 Å². The van der Waals surface area contributed by atoms with Gasteiger partial charge in [-0.15, -0.1) is 24.8 Å². The van der Waals surface area contributed by atoms with Gasteiger partial charge in [-0.3, -0.25) is 0 Å². The zero-order valence-corrected chi connectivity index (χ0v) is 32.8. The average molecular weight is 721 g/mol. The standard InChI is InChI=1S/2C18H18N.2CH3.2ClH.H2Si.Zr/c2*1-12(2)14-10-16-13(3)7-8-15(17(16)11-14)18-6-4-5-9-19-18;;;;;;/h2*4-12H,1-3H3;2*1H3;2*1H;1H2;. The van der Waals surface area contributed by atoms with Crippen molar-refractivity contribution in [3.05, 3.63) is 118 Å². The van der Waals surface area contributed by atoms with Crippen LogP contribution in [-0.2, 0) is 17.4 Å². The molecule has 6 rings (SSSR count). The third-order valence-electron chi connectivity index (χ3n) is 9.99. The molecule has 0 saturated carbocycles. The number of halogens is 2. The van der Waals surface area contributed by atoms with E-state index in [1.165, 1.54) is 33.4 Å². The van der Waals surface area contributed by atoms with Crippen molar-refractivity contribution in [2.45, 2.75) is 58.1 Å². The Labute approximate surface area is 279 Å². The first-order chi connectivity index (χ1) is 19.9. The smallest absolute Gasteiger partial charge is 0.147 e. The third kappa shape index (κ3) is 5.59. The summed E-state index contributed by atoms with van der Waals surface area (Å²) in [6.07, 6.45) is 8.98. The number of hydrogen-bond acceptors (Lipinski definition) is 2. The van der Waals surface area contributed by atoms with Gasteiger partial charge in [-0.25, -0.2) is 0 Å². The average Bonchev–Trinajstić information content (AvgIpc) is 3.58. The van der Waals surface area contributed by atoms with Crippen molar-refractivity contribution in [2.75, 3.05) is 0 Å². The van der Waals surface area contributed by atoms with Crippen molar-refractivity contribution >= 4 is 43.8 Å². The molecule has 6 heteroatoms. The molecule has 2 aromatic heterocycles. The fraction of sp³-hybridized carbons (Fsp3) is 0.316. The van der Waals surface area contributed by atoms with E-state index >= 15 is 0 Å². The minimum Gasteiger partial charge on any atom is -0.147 e. The maximum absolute atomic E-state index is 4.80. The molecule has 0 saturated heterocycles. The van der Waals surface area contributed by atoms with E-state index in [4.69, 9.17) is 9.97 Å². The van der Waals surface area contributed by atoms with Gasteiger partial charge < -0.3 is 0 Å². The molecule has 0 aliphatic heterocycles. The van der Waals surface area contributed by atoms with Gasteiger partial charge in [0.15, 0.2) is 0 Å². The molecule has 44 heavy (non-hydrogen) atoms. The summed E-state index contributed by atoms with van der Waals surface area (Å²) in [6.45, 7) is 16.7. The van der Waals surface area contributed by atoms with Crippen molar-refractivity contribution in [1.29, 1.82) is 0 Å². The van der Waals surface area contributed by atoms with Gasteiger partial charge in [-0.2, -0.15) is 0 Å². The van der Waals surface area contributed by atoms with E-state index in [2.05, 4.69) is 118 Å². The second-order valence-corrected chi connectivity index (χ2v) is 44.8. The van der Waals surface area contributed by atoms with Crippen LogP contribution >= 0.6 is 24.8 Å². The summed E-state index contributed by atoms with van der Waals surface area (Å²) in [5.41, 5.74) is 16.7. The second-order valence-electron chi connectivity index (χ2n) is 14.3. The Morgan fingerprint density at radius 2 is 1.00 bits per heavy atom. The van der Waals surface area contributed by atoms with Crippen molar-refractivity contribution in [3.63, 3.8) is 0 Å². The molecule has 2 unspecified atom stereocenters. The molecular weight excluding hydrogens is 675 g/mol. The van der Waals surface area contributed by atoms with Gasteiger partial charge in [0.25, 0.3) is 0 Å². The molecule has 0 bridgehead atoms. The van der Waals surface area contributed by atoms with Crippen LogP contribution in [0, 0.1) is 25.7 Å². The molecule has 230 valence electrons. The summed E-state index contributed by atoms with van der Waals surface area (Å²) >= 11 is -3.80. The molecule has 2 aliphatic carbocycles. The molecule has 2 aromatic carbocycles. The Hall–Kier alpha value is -2.10. The van der Waals surface area contributed by atoms with Crippen LogP contribution in [0.25, 0.3) is 34.7 Å². The predicted octanol–water partition coefficient (Wildman–Crippen LogP) is 10.5. The number of rotatable bonds is 6. The third-order valence-corrected chi connectivity index (χ3v) is 27.2. The number of pyridine rings is 2. The van der Waals surface area contributed by atoms with E-state index in [-0.39, 0.29) is 24.8 Å². The summed E-state index contributed by atoms with van der Waals surface area (Å²) in [7, 11) is 0. The van der Waals surface area contributed by atoms with Gasteiger partial charge in [0.1, 0.15) is 0 Å². The second kappa shape index (κ2) is 12.6. The Bertz CT molecular complexity index is 1710. The molecule has 2 aliphatic rings. The molecule has 0 spiro atoms. The number of aryl methyl sites for hydroxylation is 2. The quantitative estimate of drug-likeness (QED) is 0.185. The zero-order valence-electron chi connectivity index (χ0n) is 27.3. The Morgan fingerprint density at radius 3 is 1.32 bits per heavy atom. The summed E-state index contributed by atoms with van der Waals surface area (Å²) in [4.78, 5) is 9.60. The number of allylic oxidation sites excluding steroid dienone is 2. The number of benzene rings is 2. The van der Waals surface area contributed by atoms with Crippen LogP contribution in [0.1, 0.15) is 68.3 Å². The number of aromatic nitrogens is 2. The van der Waals surface area contributed by atoms with E-state index < -0.39 is 17.4 Å². The molecule has 4 aromatic rings. The fourth-order valence-corrected chi connectivity index (χ4v) is 28.1. The first-order valence-electron chi connectivity index (χ1n) is 15.5. The van der Waals surface area contributed by atoms with Gasteiger partial charge in [0.05, 0.1) is 0 Å². The first kappa shape index (κ1) is 34.8. The van der Waals surface area contributed by atoms with E-state index in [1.807, 2.05) is 24.5 Å². The fourth-order valence-electron chi connectivity index (χ4n) is 8.10. The van der Waals surface area contributed by atoms with Gasteiger partial charge in [0, 0.05) is 0 Å². The Balaban J connectivity index is 0.00000221.